The van der Waals surface area contributed by atoms with Gasteiger partial charge in [-0.15, -0.1) is 0 Å². The van der Waals surface area contributed by atoms with Gasteiger partial charge in [0.1, 0.15) is 11.6 Å². The number of hydrogen-bond donors (Lipinski definition) is 0. The average Bonchev–Trinajstić information content (AvgIpc) is 2.77. The molecule has 1 amide bonds. The molecule has 0 aliphatic carbocycles. The molecule has 0 saturated carbocycles. The smallest absolute Gasteiger partial charge is 0.263 e. The Morgan fingerprint density at radius 1 is 1.22 bits per heavy atom. The van der Waals surface area contributed by atoms with Crippen LogP contribution in [0.1, 0.15) is 19.8 Å². The maximum Gasteiger partial charge on any atom is 0.263 e. The summed E-state index contributed by atoms with van der Waals surface area (Å²) in [5, 5.41) is 1.21. The van der Waals surface area contributed by atoms with Crippen LogP contribution in [0.5, 0.6) is 5.75 Å². The molecule has 1 unspecified atom stereocenters. The molecule has 3 aromatic rings. The summed E-state index contributed by atoms with van der Waals surface area (Å²) in [6, 6.07) is 11.7. The summed E-state index contributed by atoms with van der Waals surface area (Å²) in [5.74, 6) is 0.193. The van der Waals surface area contributed by atoms with Crippen molar-refractivity contribution in [2.24, 2.45) is 5.41 Å². The molecular weight excluding hydrogens is 431 g/mol. The first-order valence-corrected chi connectivity index (χ1v) is 11.2. The van der Waals surface area contributed by atoms with Gasteiger partial charge in [0.25, 0.3) is 5.91 Å². The second kappa shape index (κ2) is 8.34. The van der Waals surface area contributed by atoms with Crippen molar-refractivity contribution in [3.05, 3.63) is 59.5 Å². The van der Waals surface area contributed by atoms with E-state index >= 15 is 0 Å². The molecule has 0 bridgehead atoms. The van der Waals surface area contributed by atoms with Gasteiger partial charge in [-0.1, -0.05) is 11.6 Å². The Hall–Kier alpha value is -2.70. The van der Waals surface area contributed by atoms with Gasteiger partial charge in [-0.25, -0.2) is 4.39 Å². The third kappa shape index (κ3) is 3.93. The van der Waals surface area contributed by atoms with Gasteiger partial charge >= 0.3 is 0 Å². The molecule has 2 saturated heterocycles. The van der Waals surface area contributed by atoms with Gasteiger partial charge in [0.05, 0.1) is 23.8 Å². The molecule has 5 rings (SSSR count). The minimum absolute atomic E-state index is 0.00382. The number of pyridine rings is 1. The van der Waals surface area contributed by atoms with Gasteiger partial charge in [-0.05, 0) is 61.7 Å². The van der Waals surface area contributed by atoms with Crippen LogP contribution in [0.25, 0.3) is 22.0 Å². The number of carbonyl (C=O) groups is 1. The van der Waals surface area contributed by atoms with Crippen LogP contribution < -0.4 is 4.74 Å². The Morgan fingerprint density at radius 2 is 2.06 bits per heavy atom. The highest BCUT2D eigenvalue weighted by Gasteiger charge is 2.43. The molecule has 5 nitrogen and oxygen atoms in total. The Morgan fingerprint density at radius 3 is 2.81 bits per heavy atom. The molecule has 7 heteroatoms. The fourth-order valence-corrected chi connectivity index (χ4v) is 4.95. The van der Waals surface area contributed by atoms with E-state index in [0.717, 1.165) is 55.7 Å². The van der Waals surface area contributed by atoms with E-state index in [1.54, 1.807) is 19.2 Å². The van der Waals surface area contributed by atoms with Crippen molar-refractivity contribution in [1.82, 2.24) is 9.88 Å². The summed E-state index contributed by atoms with van der Waals surface area (Å²) in [4.78, 5) is 19.4. The van der Waals surface area contributed by atoms with Gasteiger partial charge in [0.15, 0.2) is 6.10 Å². The van der Waals surface area contributed by atoms with E-state index < -0.39 is 6.10 Å². The number of halogens is 2. The third-order valence-corrected chi connectivity index (χ3v) is 6.70. The number of aromatic nitrogens is 1. The Balaban J connectivity index is 1.35. The molecule has 3 heterocycles. The summed E-state index contributed by atoms with van der Waals surface area (Å²) >= 11 is 6.27. The number of nitrogens with zero attached hydrogens (tertiary/aromatic N) is 2. The first kappa shape index (κ1) is 21.2. The molecule has 1 aromatic heterocycles. The van der Waals surface area contributed by atoms with Crippen LogP contribution in [0.15, 0.2) is 48.7 Å². The lowest BCUT2D eigenvalue weighted by Gasteiger charge is -2.48. The molecule has 32 heavy (non-hydrogen) atoms. The summed E-state index contributed by atoms with van der Waals surface area (Å²) in [5.41, 5.74) is 2.44. The summed E-state index contributed by atoms with van der Waals surface area (Å²) in [6.07, 6.45) is 3.20. The van der Waals surface area contributed by atoms with E-state index in [1.807, 2.05) is 29.2 Å². The number of fused-ring (bicyclic) bond motifs is 1. The topological polar surface area (TPSA) is 51.7 Å². The monoisotopic (exact) mass is 454 g/mol. The van der Waals surface area contributed by atoms with Gasteiger partial charge in [0.2, 0.25) is 0 Å². The number of benzene rings is 2. The average molecular weight is 455 g/mol. The maximum atomic E-state index is 13.5. The van der Waals surface area contributed by atoms with E-state index in [0.29, 0.717) is 16.3 Å². The lowest BCUT2D eigenvalue weighted by atomic mass is 9.78. The van der Waals surface area contributed by atoms with E-state index in [2.05, 4.69) is 4.98 Å². The second-order valence-electron chi connectivity index (χ2n) is 8.78. The van der Waals surface area contributed by atoms with Crippen LogP contribution >= 0.6 is 11.6 Å². The number of hydrogen-bond acceptors (Lipinski definition) is 4. The predicted octanol–water partition coefficient (Wildman–Crippen LogP) is 5.10. The quantitative estimate of drug-likeness (QED) is 0.550. The highest BCUT2D eigenvalue weighted by molar-refractivity contribution is 6.33. The van der Waals surface area contributed by atoms with Gasteiger partial charge < -0.3 is 14.4 Å². The molecular formula is C25H24ClFN2O3. The summed E-state index contributed by atoms with van der Waals surface area (Å²) in [7, 11) is 0. The van der Waals surface area contributed by atoms with Crippen LogP contribution in [-0.4, -0.2) is 48.2 Å². The number of ether oxygens (including phenoxy) is 2. The fourth-order valence-electron chi connectivity index (χ4n) is 4.68. The first-order chi connectivity index (χ1) is 15.4. The lowest BCUT2D eigenvalue weighted by molar-refractivity contribution is -0.163. The number of piperidine rings is 1. The fraction of sp³-hybridized carbons (Fsp3) is 0.360. The molecule has 1 atom stereocenters. The Labute approximate surface area is 191 Å². The van der Waals surface area contributed by atoms with E-state index in [-0.39, 0.29) is 17.1 Å². The molecule has 2 aromatic carbocycles. The highest BCUT2D eigenvalue weighted by Crippen LogP contribution is 2.37. The van der Waals surface area contributed by atoms with Gasteiger partial charge in [-0.3, -0.25) is 9.78 Å². The predicted molar refractivity (Wildman–Crippen MR) is 121 cm³/mol. The number of carbonyl (C=O) groups excluding carboxylic acids is 1. The molecule has 2 aliphatic rings. The van der Waals surface area contributed by atoms with Crippen LogP contribution in [0.4, 0.5) is 4.39 Å². The molecule has 0 N–H and O–H groups in total. The number of likely N-dealkylation sites (tertiary alicyclic amines) is 1. The third-order valence-electron chi connectivity index (χ3n) is 6.39. The van der Waals surface area contributed by atoms with Crippen LogP contribution in [0.3, 0.4) is 0 Å². The van der Waals surface area contributed by atoms with Crippen LogP contribution in [0.2, 0.25) is 5.02 Å². The van der Waals surface area contributed by atoms with E-state index in [1.165, 1.54) is 12.1 Å². The minimum atomic E-state index is -0.599. The largest absolute Gasteiger partial charge is 0.481 e. The summed E-state index contributed by atoms with van der Waals surface area (Å²) in [6.45, 7) is 4.76. The van der Waals surface area contributed by atoms with Crippen LogP contribution in [-0.2, 0) is 9.53 Å². The van der Waals surface area contributed by atoms with Crippen LogP contribution in [0, 0.1) is 11.2 Å². The maximum absolute atomic E-state index is 13.5. The Kier molecular flexibility index (Phi) is 5.51. The zero-order chi connectivity index (χ0) is 22.3. The van der Waals surface area contributed by atoms with Crippen molar-refractivity contribution >= 4 is 28.4 Å². The second-order valence-corrected chi connectivity index (χ2v) is 9.19. The minimum Gasteiger partial charge on any atom is -0.481 e. The van der Waals surface area contributed by atoms with E-state index in [4.69, 9.17) is 21.1 Å². The molecule has 1 spiro atoms. The van der Waals surface area contributed by atoms with Crippen molar-refractivity contribution in [2.75, 3.05) is 26.3 Å². The standard InChI is InChI=1S/C25H24ClFN2O3/c1-16(24(30)29-10-2-8-25(13-29)14-31-15-25)32-18-4-6-21-19(7-9-28-23(21)12-18)20-5-3-17(27)11-22(20)26/h3-7,9,11-12,16H,2,8,10,13-15H2,1H3. The lowest BCUT2D eigenvalue weighted by Crippen LogP contribution is -2.57. The first-order valence-electron chi connectivity index (χ1n) is 10.8. The number of amides is 1. The van der Waals surface area contributed by atoms with Crippen molar-refractivity contribution in [3.63, 3.8) is 0 Å². The Bertz CT molecular complexity index is 1180. The summed E-state index contributed by atoms with van der Waals surface area (Å²) < 4.78 is 24.9. The number of rotatable bonds is 4. The SMILES string of the molecule is CC(Oc1ccc2c(-c3ccc(F)cc3Cl)ccnc2c1)C(=O)N1CCCC2(COC2)C1. The van der Waals surface area contributed by atoms with Gasteiger partial charge in [0, 0.05) is 41.7 Å². The van der Waals surface area contributed by atoms with Crippen molar-refractivity contribution < 1.29 is 18.7 Å². The zero-order valence-corrected chi connectivity index (χ0v) is 18.6. The molecule has 2 fully saturated rings. The molecule has 0 radical (unpaired) electrons. The molecule has 2 aliphatic heterocycles. The van der Waals surface area contributed by atoms with Gasteiger partial charge in [-0.2, -0.15) is 0 Å². The van der Waals surface area contributed by atoms with Crippen molar-refractivity contribution in [1.29, 1.82) is 0 Å². The van der Waals surface area contributed by atoms with Crippen molar-refractivity contribution in [2.45, 2.75) is 25.9 Å². The zero-order valence-electron chi connectivity index (χ0n) is 17.8. The normalized spacial score (nSPS) is 18.4. The van der Waals surface area contributed by atoms with E-state index in [9.17, 15) is 9.18 Å². The van der Waals surface area contributed by atoms with Crippen molar-refractivity contribution in [3.8, 4) is 16.9 Å². The highest BCUT2D eigenvalue weighted by atomic mass is 35.5. The molecule has 166 valence electrons.